The number of unbranched alkanes of at least 4 members (excludes halogenated alkanes) is 9. The van der Waals surface area contributed by atoms with Gasteiger partial charge < -0.3 is 38.6 Å². The summed E-state index contributed by atoms with van der Waals surface area (Å²) >= 11 is 0. The quantitative estimate of drug-likeness (QED) is 0.0737. The first kappa shape index (κ1) is 40.2. The van der Waals surface area contributed by atoms with Crippen molar-refractivity contribution in [3.8, 4) is 0 Å². The first-order valence-electron chi connectivity index (χ1n) is 12.5. The molecule has 0 atom stereocenters. The zero-order chi connectivity index (χ0) is 23.2. The van der Waals surface area contributed by atoms with E-state index in [0.29, 0.717) is 66.1 Å². The summed E-state index contributed by atoms with van der Waals surface area (Å²) in [6.07, 6.45) is 12.0. The average Bonchev–Trinajstić information content (AvgIpc) is 2.81. The molecule has 0 heterocycles. The molecule has 0 radical (unpaired) electrons. The van der Waals surface area contributed by atoms with Gasteiger partial charge in [0, 0.05) is 13.2 Å². The molecule has 0 saturated heterocycles. The fourth-order valence-corrected chi connectivity index (χ4v) is 2.98. The minimum absolute atomic E-state index is 0. The number of hydrogen-bond acceptors (Lipinski definition) is 8. The van der Waals surface area contributed by atoms with Crippen LogP contribution in [0.25, 0.3) is 0 Å². The molecule has 0 unspecified atom stereocenters. The van der Waals surface area contributed by atoms with Gasteiger partial charge in [-0.25, -0.2) is 0 Å². The van der Waals surface area contributed by atoms with Crippen LogP contribution in [0.4, 0.5) is 0 Å². The first-order valence-corrected chi connectivity index (χ1v) is 12.5. The first-order chi connectivity index (χ1) is 15.9. The van der Waals surface area contributed by atoms with Gasteiger partial charge in [-0.3, -0.25) is 0 Å². The van der Waals surface area contributed by atoms with E-state index in [0.717, 1.165) is 25.9 Å². The fraction of sp³-hybridized carbons (Fsp3) is 1.00. The topological polar surface area (TPSA) is 102 Å². The summed E-state index contributed by atoms with van der Waals surface area (Å²) < 4.78 is 32.2. The molecule has 0 fully saturated rings. The Morgan fingerprint density at radius 3 is 0.853 bits per heavy atom. The molecule has 0 aliphatic carbocycles. The monoisotopic (exact) mass is 510 g/mol. The Morgan fingerprint density at radius 1 is 0.265 bits per heavy atom. The molecule has 0 rings (SSSR count). The standard InChI is InChI=1S/C24H48O8.2Na/c25-11-9-7-5-3-1-2-4-6-8-10-13-27-15-17-29-19-21-31-23-24-32-22-20-30-18-16-28-14-12-26;;/h1-24H2;;/q-2;2*+1. The second kappa shape index (κ2) is 39.2. The molecule has 0 aliphatic heterocycles. The van der Waals surface area contributed by atoms with Crippen molar-refractivity contribution in [1.82, 2.24) is 0 Å². The smallest absolute Gasteiger partial charge is 0.854 e. The fourth-order valence-electron chi connectivity index (χ4n) is 2.98. The zero-order valence-electron chi connectivity index (χ0n) is 22.2. The predicted octanol–water partition coefficient (Wildman–Crippen LogP) is -4.28. The van der Waals surface area contributed by atoms with Crippen molar-refractivity contribution in [3.63, 3.8) is 0 Å². The minimum Gasteiger partial charge on any atom is -0.854 e. The molecule has 0 amide bonds. The van der Waals surface area contributed by atoms with E-state index >= 15 is 0 Å². The molecule has 0 aromatic rings. The van der Waals surface area contributed by atoms with Gasteiger partial charge in [0.05, 0.1) is 66.1 Å². The maximum absolute atomic E-state index is 10.3. The molecule has 194 valence electrons. The van der Waals surface area contributed by atoms with Crippen molar-refractivity contribution in [3.05, 3.63) is 0 Å². The van der Waals surface area contributed by atoms with E-state index in [1.54, 1.807) is 0 Å². The van der Waals surface area contributed by atoms with E-state index in [1.165, 1.54) is 44.9 Å². The van der Waals surface area contributed by atoms with E-state index in [1.807, 2.05) is 0 Å². The molecular formula is C24H48Na2O8. The van der Waals surface area contributed by atoms with Crippen LogP contribution in [0.2, 0.25) is 0 Å². The van der Waals surface area contributed by atoms with Crippen LogP contribution in [0.1, 0.15) is 64.2 Å². The minimum atomic E-state index is -0.212. The molecule has 10 heteroatoms. The van der Waals surface area contributed by atoms with Crippen molar-refractivity contribution in [2.24, 2.45) is 0 Å². The summed E-state index contributed by atoms with van der Waals surface area (Å²) in [5.74, 6) is 0. The Labute approximate surface area is 252 Å². The maximum atomic E-state index is 10.3. The number of rotatable bonds is 29. The van der Waals surface area contributed by atoms with Gasteiger partial charge in [-0.05, 0) is 6.42 Å². The van der Waals surface area contributed by atoms with Gasteiger partial charge in [0.15, 0.2) is 0 Å². The molecule has 0 N–H and O–H groups in total. The van der Waals surface area contributed by atoms with Crippen LogP contribution in [0, 0.1) is 0 Å². The predicted molar refractivity (Wildman–Crippen MR) is 121 cm³/mol. The zero-order valence-corrected chi connectivity index (χ0v) is 26.2. The third kappa shape index (κ3) is 38.2. The Kier molecular flexibility index (Phi) is 46.3. The van der Waals surface area contributed by atoms with E-state index in [2.05, 4.69) is 0 Å². The summed E-state index contributed by atoms with van der Waals surface area (Å²) in [6.45, 7) is 6.28. The second-order valence-corrected chi connectivity index (χ2v) is 7.62. The molecule has 0 aromatic heterocycles. The van der Waals surface area contributed by atoms with Crippen LogP contribution in [0.3, 0.4) is 0 Å². The molecule has 34 heavy (non-hydrogen) atoms. The van der Waals surface area contributed by atoms with E-state index in [9.17, 15) is 10.2 Å². The molecule has 0 spiro atoms. The third-order valence-corrected chi connectivity index (χ3v) is 4.77. The van der Waals surface area contributed by atoms with Crippen LogP contribution in [0.15, 0.2) is 0 Å². The Balaban J connectivity index is -0.00000480. The summed E-state index contributed by atoms with van der Waals surface area (Å²) in [4.78, 5) is 0. The van der Waals surface area contributed by atoms with Crippen molar-refractivity contribution in [2.75, 3.05) is 92.5 Å². The largest absolute Gasteiger partial charge is 1.00 e. The molecule has 0 saturated carbocycles. The summed E-state index contributed by atoms with van der Waals surface area (Å²) in [7, 11) is 0. The van der Waals surface area contributed by atoms with E-state index in [4.69, 9.17) is 28.4 Å². The van der Waals surface area contributed by atoms with Crippen LogP contribution in [-0.4, -0.2) is 92.5 Å². The van der Waals surface area contributed by atoms with Crippen molar-refractivity contribution in [1.29, 1.82) is 0 Å². The van der Waals surface area contributed by atoms with Crippen LogP contribution >= 0.6 is 0 Å². The van der Waals surface area contributed by atoms with Gasteiger partial charge >= 0.3 is 59.1 Å². The van der Waals surface area contributed by atoms with Crippen LogP contribution in [-0.2, 0) is 28.4 Å². The molecular weight excluding hydrogens is 462 g/mol. The van der Waals surface area contributed by atoms with E-state index < -0.39 is 0 Å². The molecule has 0 aliphatic rings. The third-order valence-electron chi connectivity index (χ3n) is 4.77. The summed E-state index contributed by atoms with van der Waals surface area (Å²) in [6, 6.07) is 0. The Bertz CT molecular complexity index is 301. The van der Waals surface area contributed by atoms with E-state index in [-0.39, 0.29) is 78.9 Å². The van der Waals surface area contributed by atoms with Gasteiger partial charge in [-0.15, -0.1) is 13.2 Å². The Hall–Kier alpha value is 1.68. The normalized spacial score (nSPS) is 10.8. The molecule has 8 nitrogen and oxygen atoms in total. The Morgan fingerprint density at radius 2 is 0.529 bits per heavy atom. The van der Waals surface area contributed by atoms with Crippen LogP contribution < -0.4 is 69.3 Å². The molecule has 0 bridgehead atoms. The number of hydrogen-bond donors (Lipinski definition) is 0. The molecule has 0 aromatic carbocycles. The van der Waals surface area contributed by atoms with Gasteiger partial charge in [0.1, 0.15) is 0 Å². The van der Waals surface area contributed by atoms with Gasteiger partial charge in [0.25, 0.3) is 0 Å². The average molecular weight is 511 g/mol. The number of ether oxygens (including phenoxy) is 6. The van der Waals surface area contributed by atoms with Gasteiger partial charge in [-0.1, -0.05) is 57.8 Å². The van der Waals surface area contributed by atoms with Crippen molar-refractivity contribution >= 4 is 0 Å². The van der Waals surface area contributed by atoms with Crippen molar-refractivity contribution < 1.29 is 97.7 Å². The van der Waals surface area contributed by atoms with Crippen molar-refractivity contribution in [2.45, 2.75) is 64.2 Å². The van der Waals surface area contributed by atoms with Crippen LogP contribution in [0.5, 0.6) is 0 Å². The summed E-state index contributed by atoms with van der Waals surface area (Å²) in [5, 5.41) is 20.5. The van der Waals surface area contributed by atoms with Gasteiger partial charge in [0.2, 0.25) is 0 Å². The SMILES string of the molecule is [Na+].[Na+].[O-]CCCCCCCCCCCCOCCOCCOCCOCCOCCOCC[O-]. The summed E-state index contributed by atoms with van der Waals surface area (Å²) in [5.41, 5.74) is 0. The van der Waals surface area contributed by atoms with Gasteiger partial charge in [-0.2, -0.15) is 0 Å². The maximum Gasteiger partial charge on any atom is 1.00 e. The second-order valence-electron chi connectivity index (χ2n) is 7.62.